The molecule has 5 rings (SSSR count). The summed E-state index contributed by atoms with van der Waals surface area (Å²) in [6.45, 7) is 0. The molecular weight excluding hydrogens is 435 g/mol. The van der Waals surface area contributed by atoms with Crippen molar-refractivity contribution in [3.8, 4) is 5.75 Å². The summed E-state index contributed by atoms with van der Waals surface area (Å²) in [5.74, 6) is -0.402. The number of benzene rings is 3. The molecule has 0 saturated heterocycles. The van der Waals surface area contributed by atoms with E-state index >= 15 is 0 Å². The molecule has 4 nitrogen and oxygen atoms in total. The number of aromatic hydroxyl groups is 1. The lowest BCUT2D eigenvalue weighted by Gasteiger charge is -2.18. The van der Waals surface area contributed by atoms with Gasteiger partial charge in [0.05, 0.1) is 15.6 Å². The number of rotatable bonds is 3. The third-order valence-corrected chi connectivity index (χ3v) is 6.58. The van der Waals surface area contributed by atoms with Gasteiger partial charge in [0, 0.05) is 15.6 Å². The number of hydrogen-bond acceptors (Lipinski definition) is 4. The summed E-state index contributed by atoms with van der Waals surface area (Å²) in [5, 5.41) is 11.0. The van der Waals surface area contributed by atoms with Gasteiger partial charge in [-0.05, 0) is 42.5 Å². The highest BCUT2D eigenvalue weighted by Crippen LogP contribution is 2.39. The predicted octanol–water partition coefficient (Wildman–Crippen LogP) is 6.23. The number of hydrogen-bond donors (Lipinski definition) is 1. The van der Waals surface area contributed by atoms with E-state index in [1.54, 1.807) is 30.3 Å². The van der Waals surface area contributed by atoms with Gasteiger partial charge in [0.25, 0.3) is 5.91 Å². The molecule has 4 aromatic rings. The third-order valence-electron chi connectivity index (χ3n) is 4.90. The van der Waals surface area contributed by atoms with Gasteiger partial charge in [-0.1, -0.05) is 48.0 Å². The fraction of sp³-hybridized carbons (Fsp3) is 0. The zero-order valence-electron chi connectivity index (χ0n) is 15.9. The lowest BCUT2D eigenvalue weighted by atomic mass is 10.1. The Labute approximate surface area is 186 Å². The van der Waals surface area contributed by atoms with Crippen molar-refractivity contribution in [3.05, 3.63) is 99.8 Å². The molecule has 1 aliphatic rings. The second-order valence-electron chi connectivity index (χ2n) is 6.88. The summed E-state index contributed by atoms with van der Waals surface area (Å²) in [7, 11) is 0. The standard InChI is InChI=1S/C24H14ClFN2O2S/c25-21-17-6-2-4-8-20(17)31-22(21)23-27-19(13-14-5-1-3-7-18(14)26)24(30)28(23)15-9-11-16(29)12-10-15/h1-13,29H/b19-13+. The molecule has 1 amide bonds. The second-order valence-corrected chi connectivity index (χ2v) is 8.31. The number of amidine groups is 1. The highest BCUT2D eigenvalue weighted by Gasteiger charge is 2.35. The van der Waals surface area contributed by atoms with Gasteiger partial charge in [-0.2, -0.15) is 0 Å². The minimum atomic E-state index is -0.442. The van der Waals surface area contributed by atoms with Crippen LogP contribution >= 0.6 is 22.9 Å². The number of halogens is 2. The number of fused-ring (bicyclic) bond motifs is 1. The summed E-state index contributed by atoms with van der Waals surface area (Å²) < 4.78 is 15.2. The Kier molecular flexibility index (Phi) is 4.81. The number of carbonyl (C=O) groups excluding carboxylic acids is 1. The average molecular weight is 449 g/mol. The van der Waals surface area contributed by atoms with Crippen LogP contribution in [0.1, 0.15) is 10.4 Å². The highest BCUT2D eigenvalue weighted by molar-refractivity contribution is 7.21. The van der Waals surface area contributed by atoms with Crippen LogP contribution in [0.25, 0.3) is 16.2 Å². The topological polar surface area (TPSA) is 52.9 Å². The molecular formula is C24H14ClFN2O2S. The number of anilines is 1. The van der Waals surface area contributed by atoms with E-state index in [4.69, 9.17) is 11.6 Å². The summed E-state index contributed by atoms with van der Waals surface area (Å²) in [6, 6.07) is 20.1. The Morgan fingerprint density at radius 1 is 1.00 bits per heavy atom. The molecule has 7 heteroatoms. The molecule has 1 N–H and O–H groups in total. The van der Waals surface area contributed by atoms with E-state index < -0.39 is 11.7 Å². The van der Waals surface area contributed by atoms with Crippen molar-refractivity contribution in [1.29, 1.82) is 0 Å². The summed E-state index contributed by atoms with van der Waals surface area (Å²) in [6.07, 6.45) is 1.43. The lowest BCUT2D eigenvalue weighted by molar-refractivity contribution is -0.113. The molecule has 0 spiro atoms. The molecule has 1 aromatic heterocycles. The van der Waals surface area contributed by atoms with Crippen molar-refractivity contribution < 1.29 is 14.3 Å². The average Bonchev–Trinajstić information content (AvgIpc) is 3.28. The van der Waals surface area contributed by atoms with Crippen molar-refractivity contribution in [2.45, 2.75) is 0 Å². The first kappa shape index (κ1) is 19.5. The number of nitrogens with zero attached hydrogens (tertiary/aromatic N) is 2. The van der Waals surface area contributed by atoms with Gasteiger partial charge in [0.2, 0.25) is 0 Å². The number of phenolic OH excluding ortho intramolecular Hbond substituents is 1. The van der Waals surface area contributed by atoms with E-state index in [2.05, 4.69) is 4.99 Å². The van der Waals surface area contributed by atoms with E-state index in [1.165, 1.54) is 40.5 Å². The molecule has 152 valence electrons. The highest BCUT2D eigenvalue weighted by atomic mass is 35.5. The summed E-state index contributed by atoms with van der Waals surface area (Å²) in [5.41, 5.74) is 0.887. The van der Waals surface area contributed by atoms with Crippen LogP contribution in [0.5, 0.6) is 5.75 Å². The molecule has 0 saturated carbocycles. The van der Waals surface area contributed by atoms with Crippen LogP contribution in [-0.4, -0.2) is 16.8 Å². The molecule has 0 unspecified atom stereocenters. The molecule has 0 aliphatic carbocycles. The number of carbonyl (C=O) groups is 1. The van der Waals surface area contributed by atoms with Crippen molar-refractivity contribution >= 4 is 56.5 Å². The van der Waals surface area contributed by atoms with Crippen LogP contribution in [0, 0.1) is 5.82 Å². The van der Waals surface area contributed by atoms with Crippen LogP contribution in [0.3, 0.4) is 0 Å². The predicted molar refractivity (Wildman–Crippen MR) is 123 cm³/mol. The summed E-state index contributed by atoms with van der Waals surface area (Å²) >= 11 is 8.10. The molecule has 0 fully saturated rings. The van der Waals surface area contributed by atoms with Gasteiger partial charge in [0.1, 0.15) is 17.3 Å². The molecule has 1 aliphatic heterocycles. The van der Waals surface area contributed by atoms with Crippen LogP contribution < -0.4 is 4.90 Å². The SMILES string of the molecule is O=C1/C(=C\c2ccccc2F)N=C(c2sc3ccccc3c2Cl)N1c1ccc(O)cc1. The maximum absolute atomic E-state index is 14.2. The maximum Gasteiger partial charge on any atom is 0.282 e. The van der Waals surface area contributed by atoms with Gasteiger partial charge in [-0.15, -0.1) is 11.3 Å². The third kappa shape index (κ3) is 3.40. The van der Waals surface area contributed by atoms with Gasteiger partial charge in [-0.3, -0.25) is 9.69 Å². The van der Waals surface area contributed by atoms with Crippen molar-refractivity contribution in [3.63, 3.8) is 0 Å². The van der Waals surface area contributed by atoms with Crippen molar-refractivity contribution in [1.82, 2.24) is 0 Å². The first-order valence-corrected chi connectivity index (χ1v) is 10.6. The van der Waals surface area contributed by atoms with Crippen LogP contribution in [0.2, 0.25) is 5.02 Å². The minimum Gasteiger partial charge on any atom is -0.508 e. The molecule has 31 heavy (non-hydrogen) atoms. The number of thiophene rings is 1. The molecule has 2 heterocycles. The van der Waals surface area contributed by atoms with Gasteiger partial charge in [0.15, 0.2) is 5.84 Å². The van der Waals surface area contributed by atoms with Gasteiger partial charge >= 0.3 is 0 Å². The molecule has 3 aromatic carbocycles. The fourth-order valence-corrected chi connectivity index (χ4v) is 4.90. The smallest absolute Gasteiger partial charge is 0.282 e. The van der Waals surface area contributed by atoms with Gasteiger partial charge in [-0.25, -0.2) is 9.38 Å². The number of aliphatic imine (C=N–C) groups is 1. The first-order chi connectivity index (χ1) is 15.0. The van der Waals surface area contributed by atoms with E-state index in [0.717, 1.165) is 10.1 Å². The fourth-order valence-electron chi connectivity index (χ4n) is 3.41. The number of phenols is 1. The Hall–Kier alpha value is -3.48. The minimum absolute atomic E-state index is 0.0795. The molecule has 0 atom stereocenters. The Morgan fingerprint density at radius 2 is 1.71 bits per heavy atom. The lowest BCUT2D eigenvalue weighted by Crippen LogP contribution is -2.32. The molecule has 0 radical (unpaired) electrons. The van der Waals surface area contributed by atoms with Crippen molar-refractivity contribution in [2.75, 3.05) is 4.90 Å². The largest absolute Gasteiger partial charge is 0.508 e. The van der Waals surface area contributed by atoms with Crippen LogP contribution in [0.4, 0.5) is 10.1 Å². The van der Waals surface area contributed by atoms with E-state index in [9.17, 15) is 14.3 Å². The monoisotopic (exact) mass is 448 g/mol. The van der Waals surface area contributed by atoms with E-state index in [1.807, 2.05) is 24.3 Å². The van der Waals surface area contributed by atoms with Crippen molar-refractivity contribution in [2.24, 2.45) is 4.99 Å². The van der Waals surface area contributed by atoms with E-state index in [0.29, 0.717) is 21.4 Å². The normalized spacial score (nSPS) is 15.2. The van der Waals surface area contributed by atoms with E-state index in [-0.39, 0.29) is 17.0 Å². The Morgan fingerprint density at radius 3 is 2.45 bits per heavy atom. The number of amides is 1. The van der Waals surface area contributed by atoms with Gasteiger partial charge < -0.3 is 5.11 Å². The summed E-state index contributed by atoms with van der Waals surface area (Å²) in [4.78, 5) is 20.0. The maximum atomic E-state index is 14.2. The van der Waals surface area contributed by atoms with Crippen LogP contribution in [0.15, 0.2) is 83.5 Å². The second kappa shape index (κ2) is 7.65. The Bertz CT molecular complexity index is 1390. The quantitative estimate of drug-likeness (QED) is 0.377. The first-order valence-electron chi connectivity index (χ1n) is 9.39. The zero-order valence-corrected chi connectivity index (χ0v) is 17.5. The zero-order chi connectivity index (χ0) is 21.5. The molecule has 0 bridgehead atoms. The van der Waals surface area contributed by atoms with Crippen LogP contribution in [-0.2, 0) is 4.79 Å². The Balaban J connectivity index is 1.70.